The molecule has 2 aromatic rings. The third-order valence-electron chi connectivity index (χ3n) is 3.47. The van der Waals surface area contributed by atoms with Gasteiger partial charge in [0.15, 0.2) is 0 Å². The van der Waals surface area contributed by atoms with Gasteiger partial charge in [-0.3, -0.25) is 4.68 Å². The van der Waals surface area contributed by atoms with Crippen molar-refractivity contribution in [3.05, 3.63) is 42.0 Å². The van der Waals surface area contributed by atoms with Crippen molar-refractivity contribution in [2.45, 2.75) is 45.3 Å². The monoisotopic (exact) mass is 289 g/mol. The van der Waals surface area contributed by atoms with Gasteiger partial charge in [0, 0.05) is 13.0 Å². The lowest BCUT2D eigenvalue weighted by Gasteiger charge is -2.11. The number of aryl methyl sites for hydroxylation is 2. The van der Waals surface area contributed by atoms with Gasteiger partial charge in [-0.05, 0) is 37.0 Å². The highest BCUT2D eigenvalue weighted by atomic mass is 16.5. The van der Waals surface area contributed by atoms with Crippen molar-refractivity contribution in [2.24, 2.45) is 0 Å². The number of hydrogen-bond donors (Lipinski definition) is 1. The van der Waals surface area contributed by atoms with Crippen LogP contribution in [-0.2, 0) is 19.4 Å². The third-order valence-corrected chi connectivity index (χ3v) is 3.47. The maximum absolute atomic E-state index is 10.2. The van der Waals surface area contributed by atoms with E-state index in [0.717, 1.165) is 31.0 Å². The summed E-state index contributed by atoms with van der Waals surface area (Å²) in [5.74, 6) is 1.71. The van der Waals surface area contributed by atoms with E-state index in [1.165, 1.54) is 5.56 Å². The predicted octanol–water partition coefficient (Wildman–Crippen LogP) is 2.23. The first-order chi connectivity index (χ1) is 10.2. The average Bonchev–Trinajstić information content (AvgIpc) is 2.93. The lowest BCUT2D eigenvalue weighted by atomic mass is 10.0. The molecule has 114 valence electrons. The summed E-state index contributed by atoms with van der Waals surface area (Å²) in [6.45, 7) is 2.95. The van der Waals surface area contributed by atoms with E-state index in [-0.39, 0.29) is 0 Å². The highest BCUT2D eigenvalue weighted by molar-refractivity contribution is 5.27. The molecule has 0 fully saturated rings. The lowest BCUT2D eigenvalue weighted by Crippen LogP contribution is -2.16. The molecule has 0 aliphatic rings. The van der Waals surface area contributed by atoms with Crippen LogP contribution in [0, 0.1) is 0 Å². The minimum absolute atomic E-state index is 0.396. The largest absolute Gasteiger partial charge is 0.497 e. The van der Waals surface area contributed by atoms with Gasteiger partial charge in [0.25, 0.3) is 0 Å². The Morgan fingerprint density at radius 2 is 2.05 bits per heavy atom. The highest BCUT2D eigenvalue weighted by Gasteiger charge is 2.11. The lowest BCUT2D eigenvalue weighted by molar-refractivity contribution is 0.161. The van der Waals surface area contributed by atoms with Crippen LogP contribution in [0.25, 0.3) is 0 Å². The Kier molecular flexibility index (Phi) is 5.75. The Hall–Kier alpha value is -1.88. The second-order valence-electron chi connectivity index (χ2n) is 5.14. The van der Waals surface area contributed by atoms with E-state index in [9.17, 15) is 5.11 Å². The van der Waals surface area contributed by atoms with Crippen LogP contribution >= 0.6 is 0 Å². The summed E-state index contributed by atoms with van der Waals surface area (Å²) in [5, 5.41) is 14.3. The molecule has 5 heteroatoms. The molecular formula is C16H23N3O2. The second kappa shape index (κ2) is 7.78. The summed E-state index contributed by atoms with van der Waals surface area (Å²) in [6.07, 6.45) is 4.28. The molecule has 1 heterocycles. The van der Waals surface area contributed by atoms with Crippen molar-refractivity contribution < 1.29 is 9.84 Å². The van der Waals surface area contributed by atoms with Crippen LogP contribution in [-0.4, -0.2) is 33.1 Å². The molecule has 0 aliphatic heterocycles. The molecule has 5 nitrogen and oxygen atoms in total. The number of aliphatic hydroxyl groups excluding tert-OH is 1. The zero-order valence-corrected chi connectivity index (χ0v) is 12.7. The van der Waals surface area contributed by atoms with E-state index >= 15 is 0 Å². The van der Waals surface area contributed by atoms with Crippen LogP contribution in [0.15, 0.2) is 30.6 Å². The number of aromatic nitrogens is 3. The Labute approximate surface area is 125 Å². The van der Waals surface area contributed by atoms with Crippen molar-refractivity contribution in [3.8, 4) is 5.75 Å². The Morgan fingerprint density at radius 3 is 2.71 bits per heavy atom. The maximum Gasteiger partial charge on any atom is 0.138 e. The van der Waals surface area contributed by atoms with Crippen molar-refractivity contribution in [3.63, 3.8) is 0 Å². The predicted molar refractivity (Wildman–Crippen MR) is 81.3 cm³/mol. The molecule has 0 aliphatic carbocycles. The first-order valence-electron chi connectivity index (χ1n) is 7.40. The Bertz CT molecular complexity index is 537. The van der Waals surface area contributed by atoms with E-state index in [4.69, 9.17) is 4.74 Å². The minimum atomic E-state index is -0.396. The van der Waals surface area contributed by atoms with Gasteiger partial charge < -0.3 is 9.84 Å². The molecule has 0 spiro atoms. The van der Waals surface area contributed by atoms with Gasteiger partial charge in [0.05, 0.1) is 13.2 Å². The molecule has 0 radical (unpaired) electrons. The molecule has 1 atom stereocenters. The van der Waals surface area contributed by atoms with Crippen molar-refractivity contribution in [1.29, 1.82) is 0 Å². The normalized spacial score (nSPS) is 12.3. The first kappa shape index (κ1) is 15.5. The molecular weight excluding hydrogens is 266 g/mol. The molecule has 0 bridgehead atoms. The van der Waals surface area contributed by atoms with E-state index in [1.807, 2.05) is 28.9 Å². The van der Waals surface area contributed by atoms with Gasteiger partial charge in [-0.2, -0.15) is 5.10 Å². The summed E-state index contributed by atoms with van der Waals surface area (Å²) < 4.78 is 7.01. The van der Waals surface area contributed by atoms with Crippen molar-refractivity contribution in [1.82, 2.24) is 14.8 Å². The molecule has 2 rings (SSSR count). The van der Waals surface area contributed by atoms with Crippen LogP contribution in [0.1, 0.15) is 31.2 Å². The molecule has 1 N–H and O–H groups in total. The fraction of sp³-hybridized carbons (Fsp3) is 0.500. The van der Waals surface area contributed by atoms with Crippen LogP contribution < -0.4 is 4.74 Å². The standard InChI is InChI=1S/C16H23N3O2/c1-3-10-19-16(17-12-18-19)11-14(20)7-4-13-5-8-15(21-2)9-6-13/h5-6,8-9,12,14,20H,3-4,7,10-11H2,1-2H3. The number of hydrogen-bond acceptors (Lipinski definition) is 4. The number of aliphatic hydroxyl groups is 1. The third kappa shape index (κ3) is 4.56. The molecule has 21 heavy (non-hydrogen) atoms. The van der Waals surface area contributed by atoms with E-state index < -0.39 is 6.10 Å². The zero-order valence-electron chi connectivity index (χ0n) is 12.7. The quantitative estimate of drug-likeness (QED) is 0.809. The number of nitrogens with zero attached hydrogens (tertiary/aromatic N) is 3. The van der Waals surface area contributed by atoms with Gasteiger partial charge in [0.2, 0.25) is 0 Å². The second-order valence-corrected chi connectivity index (χ2v) is 5.14. The van der Waals surface area contributed by atoms with Crippen LogP contribution in [0.2, 0.25) is 0 Å². The van der Waals surface area contributed by atoms with Crippen LogP contribution in [0.5, 0.6) is 5.75 Å². The maximum atomic E-state index is 10.2. The van der Waals surface area contributed by atoms with Gasteiger partial charge in [-0.15, -0.1) is 0 Å². The molecule has 1 unspecified atom stereocenters. The number of methoxy groups -OCH3 is 1. The Balaban J connectivity index is 1.83. The number of ether oxygens (including phenoxy) is 1. The minimum Gasteiger partial charge on any atom is -0.497 e. The van der Waals surface area contributed by atoms with Gasteiger partial charge in [-0.25, -0.2) is 4.98 Å². The fourth-order valence-electron chi connectivity index (χ4n) is 2.28. The number of benzene rings is 1. The van der Waals surface area contributed by atoms with Crippen LogP contribution in [0.3, 0.4) is 0 Å². The highest BCUT2D eigenvalue weighted by Crippen LogP contribution is 2.14. The summed E-state index contributed by atoms with van der Waals surface area (Å²) >= 11 is 0. The van der Waals surface area contributed by atoms with Crippen molar-refractivity contribution in [2.75, 3.05) is 7.11 Å². The van der Waals surface area contributed by atoms with Gasteiger partial charge in [0.1, 0.15) is 17.9 Å². The molecule has 0 amide bonds. The van der Waals surface area contributed by atoms with E-state index in [2.05, 4.69) is 17.0 Å². The zero-order chi connectivity index (χ0) is 15.1. The van der Waals surface area contributed by atoms with E-state index in [0.29, 0.717) is 12.8 Å². The van der Waals surface area contributed by atoms with Gasteiger partial charge in [-0.1, -0.05) is 19.1 Å². The summed E-state index contributed by atoms with van der Waals surface area (Å²) in [6, 6.07) is 7.95. The average molecular weight is 289 g/mol. The van der Waals surface area contributed by atoms with Crippen molar-refractivity contribution >= 4 is 0 Å². The first-order valence-corrected chi connectivity index (χ1v) is 7.40. The summed E-state index contributed by atoms with van der Waals surface area (Å²) in [5.41, 5.74) is 1.20. The smallest absolute Gasteiger partial charge is 0.138 e. The van der Waals surface area contributed by atoms with Gasteiger partial charge >= 0.3 is 0 Å². The summed E-state index contributed by atoms with van der Waals surface area (Å²) in [4.78, 5) is 4.23. The van der Waals surface area contributed by atoms with Crippen LogP contribution in [0.4, 0.5) is 0 Å². The fourth-order valence-corrected chi connectivity index (χ4v) is 2.28. The molecule has 0 saturated carbocycles. The number of rotatable bonds is 8. The SMILES string of the molecule is CCCn1ncnc1CC(O)CCc1ccc(OC)cc1. The topological polar surface area (TPSA) is 60.2 Å². The molecule has 0 saturated heterocycles. The summed E-state index contributed by atoms with van der Waals surface area (Å²) in [7, 11) is 1.66. The van der Waals surface area contributed by atoms with E-state index in [1.54, 1.807) is 13.4 Å². The Morgan fingerprint density at radius 1 is 1.29 bits per heavy atom. The molecule has 1 aromatic heterocycles. The molecule has 1 aromatic carbocycles.